The van der Waals surface area contributed by atoms with E-state index in [2.05, 4.69) is 22.7 Å². The summed E-state index contributed by atoms with van der Waals surface area (Å²) in [6.07, 6.45) is 6.56. The number of allylic oxidation sites excluding steroid dienone is 3. The molecule has 0 saturated carbocycles. The van der Waals surface area contributed by atoms with Crippen LogP contribution < -0.4 is 26.4 Å². The molecular formula is C9H13Cl2N3O3Zn. The summed E-state index contributed by atoms with van der Waals surface area (Å²) in [5.74, 6) is 0. The van der Waals surface area contributed by atoms with Crippen LogP contribution in [0.25, 0.3) is 5.53 Å². The zero-order chi connectivity index (χ0) is 12.6. The van der Waals surface area contributed by atoms with E-state index in [0.29, 0.717) is 12.1 Å². The second-order valence-corrected chi connectivity index (χ2v) is 3.34. The van der Waals surface area contributed by atoms with Crippen LogP contribution in [0.3, 0.4) is 0 Å². The fourth-order valence-electron chi connectivity index (χ4n) is 1.07. The van der Waals surface area contributed by atoms with Crippen LogP contribution in [0.4, 0.5) is 0 Å². The Kier molecular flexibility index (Phi) is 16.8. The normalized spacial score (nSPS) is 12.3. The average molecular weight is 348 g/mol. The smallest absolute Gasteiger partial charge is 1.00 e. The molecule has 1 aliphatic rings. The second kappa shape index (κ2) is 13.2. The second-order valence-electron chi connectivity index (χ2n) is 2.96. The van der Waals surface area contributed by atoms with Crippen molar-refractivity contribution in [3.8, 4) is 0 Å². The van der Waals surface area contributed by atoms with Crippen molar-refractivity contribution in [2.75, 3.05) is 13.6 Å². The van der Waals surface area contributed by atoms with E-state index in [9.17, 15) is 0 Å². The van der Waals surface area contributed by atoms with E-state index in [-0.39, 0.29) is 31.9 Å². The summed E-state index contributed by atoms with van der Waals surface area (Å²) in [5, 5.41) is 0. The van der Waals surface area contributed by atoms with Gasteiger partial charge >= 0.3 is 19.5 Å². The molecule has 0 saturated heterocycles. The number of nitrogens with zero attached hydrogens (tertiary/aromatic N) is 3. The van der Waals surface area contributed by atoms with Gasteiger partial charge in [-0.2, -0.15) is 4.79 Å². The first-order valence-corrected chi connectivity index (χ1v) is 5.47. The van der Waals surface area contributed by atoms with Gasteiger partial charge in [0.1, 0.15) is 0 Å². The van der Waals surface area contributed by atoms with Crippen LogP contribution in [0.5, 0.6) is 0 Å². The van der Waals surface area contributed by atoms with Gasteiger partial charge in [0, 0.05) is 25.4 Å². The minimum absolute atomic E-state index is 0. The standard InChI is InChI=1S/C9H13N3.ClO3.ClH.Zn/c1-3-12(2)9-6-4-8(11-10)5-7-9;2-1(3)4;;/h4,6-7H,3,5H2,1-2H3;;1H;/q;-1;;+2/p-1. The molecule has 18 heavy (non-hydrogen) atoms. The molecule has 0 amide bonds. The van der Waals surface area contributed by atoms with Crippen LogP contribution in [0, 0.1) is 10.8 Å². The Morgan fingerprint density at radius 1 is 1.39 bits per heavy atom. The van der Waals surface area contributed by atoms with E-state index in [1.165, 1.54) is 5.70 Å². The van der Waals surface area contributed by atoms with E-state index in [4.69, 9.17) is 19.5 Å². The quantitative estimate of drug-likeness (QED) is 0.283. The van der Waals surface area contributed by atoms with Crippen LogP contribution in [-0.2, 0) is 19.5 Å². The van der Waals surface area contributed by atoms with Gasteiger partial charge in [0.05, 0.1) is 17.2 Å². The number of likely N-dealkylation sites (N-methyl/N-ethyl adjacent to an activating group) is 1. The monoisotopic (exact) mass is 345 g/mol. The van der Waals surface area contributed by atoms with Crippen molar-refractivity contribution in [2.45, 2.75) is 13.3 Å². The van der Waals surface area contributed by atoms with Gasteiger partial charge in [-0.25, -0.2) is 0 Å². The number of hydrogen-bond acceptors (Lipinski definition) is 4. The van der Waals surface area contributed by atoms with Gasteiger partial charge in [-0.05, 0) is 19.1 Å². The third kappa shape index (κ3) is 10.9. The summed E-state index contributed by atoms with van der Waals surface area (Å²) in [5.41, 5.74) is 10.4. The third-order valence-corrected chi connectivity index (χ3v) is 2.01. The van der Waals surface area contributed by atoms with Crippen LogP contribution in [-0.4, -0.2) is 29.0 Å². The van der Waals surface area contributed by atoms with E-state index >= 15 is 0 Å². The molecule has 0 radical (unpaired) electrons. The van der Waals surface area contributed by atoms with Crippen molar-refractivity contribution in [1.29, 1.82) is 0 Å². The molecule has 9 heteroatoms. The van der Waals surface area contributed by atoms with Gasteiger partial charge in [0.2, 0.25) is 0 Å². The maximum Gasteiger partial charge on any atom is 2.00 e. The number of rotatable bonds is 2. The van der Waals surface area contributed by atoms with Gasteiger partial charge in [-0.15, -0.1) is 0 Å². The van der Waals surface area contributed by atoms with Gasteiger partial charge in [0.25, 0.3) is 5.71 Å². The van der Waals surface area contributed by atoms with Crippen LogP contribution in [0.1, 0.15) is 13.3 Å². The maximum absolute atomic E-state index is 8.47. The van der Waals surface area contributed by atoms with Crippen molar-refractivity contribution >= 4 is 5.71 Å². The van der Waals surface area contributed by atoms with Crippen molar-refractivity contribution in [2.24, 2.45) is 0 Å². The van der Waals surface area contributed by atoms with Crippen molar-refractivity contribution in [1.82, 2.24) is 4.90 Å². The topological polar surface area (TPSA) is 109 Å². The van der Waals surface area contributed by atoms with E-state index in [1.54, 1.807) is 0 Å². The molecule has 0 spiro atoms. The summed E-state index contributed by atoms with van der Waals surface area (Å²) in [4.78, 5) is 5.28. The Bertz CT molecular complexity index is 328. The zero-order valence-corrected chi connectivity index (χ0v) is 14.7. The van der Waals surface area contributed by atoms with Crippen LogP contribution in [0.15, 0.2) is 23.9 Å². The molecule has 6 nitrogen and oxygen atoms in total. The molecular weight excluding hydrogens is 334 g/mol. The SMILES string of the molecule is CCN(C)C1=CCC(=[N+]=[N-])C=C1.[Cl-].[O-][Cl+2]([O-])[O-].[Zn+2]. The van der Waals surface area contributed by atoms with E-state index in [0.717, 1.165) is 6.54 Å². The first kappa shape index (κ1) is 22.9. The first-order chi connectivity index (χ1) is 7.51. The minimum Gasteiger partial charge on any atom is -1.00 e. The molecule has 0 unspecified atom stereocenters. The minimum atomic E-state index is -2.85. The predicted molar refractivity (Wildman–Crippen MR) is 48.8 cm³/mol. The van der Waals surface area contributed by atoms with Gasteiger partial charge in [-0.1, -0.05) is 0 Å². The molecule has 0 aromatic rings. The van der Waals surface area contributed by atoms with Gasteiger partial charge in [-0.3, -0.25) is 0 Å². The molecule has 0 aromatic carbocycles. The molecule has 0 N–H and O–H groups in total. The van der Waals surface area contributed by atoms with E-state index < -0.39 is 10.8 Å². The Labute approximate surface area is 128 Å². The fourth-order valence-corrected chi connectivity index (χ4v) is 1.07. The summed E-state index contributed by atoms with van der Waals surface area (Å²) in [6, 6.07) is 0. The Balaban J connectivity index is -0.000000332. The largest absolute Gasteiger partial charge is 2.00 e. The summed E-state index contributed by atoms with van der Waals surface area (Å²) in [7, 11) is -0.813. The Hall–Kier alpha value is -0.257. The zero-order valence-electron chi connectivity index (χ0n) is 10.2. The van der Waals surface area contributed by atoms with Crippen molar-refractivity contribution in [3.63, 3.8) is 0 Å². The molecule has 0 atom stereocenters. The van der Waals surface area contributed by atoms with Crippen molar-refractivity contribution in [3.05, 3.63) is 29.5 Å². The third-order valence-electron chi connectivity index (χ3n) is 2.01. The average Bonchev–Trinajstić information content (AvgIpc) is 2.27. The Morgan fingerprint density at radius 3 is 2.17 bits per heavy atom. The maximum atomic E-state index is 8.47. The molecule has 1 aliphatic carbocycles. The van der Waals surface area contributed by atoms with Crippen molar-refractivity contribution < 1.29 is 61.4 Å². The van der Waals surface area contributed by atoms with Crippen LogP contribution >= 0.6 is 0 Å². The molecule has 0 bridgehead atoms. The molecule has 98 valence electrons. The molecule has 0 fully saturated rings. The summed E-state index contributed by atoms with van der Waals surface area (Å²) < 4.78 is 25.2. The first-order valence-electron chi connectivity index (χ1n) is 4.54. The van der Waals surface area contributed by atoms with Crippen LogP contribution in [0.2, 0.25) is 0 Å². The fraction of sp³-hybridized carbons (Fsp3) is 0.444. The van der Waals surface area contributed by atoms with Gasteiger partial charge < -0.3 is 36.8 Å². The van der Waals surface area contributed by atoms with Gasteiger partial charge in [0.15, 0.2) is 0 Å². The number of hydrogen-bond donors (Lipinski definition) is 0. The summed E-state index contributed by atoms with van der Waals surface area (Å²) >= 11 is 0. The molecule has 1 rings (SSSR count). The molecule has 0 aromatic heterocycles. The number of halogens is 2. The molecule has 0 heterocycles. The Morgan fingerprint density at radius 2 is 1.89 bits per heavy atom. The summed E-state index contributed by atoms with van der Waals surface area (Å²) in [6.45, 7) is 3.09. The van der Waals surface area contributed by atoms with E-state index in [1.807, 2.05) is 19.2 Å². The predicted octanol–water partition coefficient (Wildman–Crippen LogP) is -5.11. The molecule has 0 aliphatic heterocycles.